The third-order valence-electron chi connectivity index (χ3n) is 4.95. The van der Waals surface area contributed by atoms with Crippen molar-refractivity contribution in [2.75, 3.05) is 42.3 Å². The van der Waals surface area contributed by atoms with Gasteiger partial charge in [-0.15, -0.1) is 0 Å². The molecule has 0 radical (unpaired) electrons. The molecule has 0 aromatic heterocycles. The van der Waals surface area contributed by atoms with E-state index in [9.17, 15) is 19.5 Å². The number of nitrogens with zero attached hydrogens (tertiary/aromatic N) is 2. The fourth-order valence-corrected chi connectivity index (χ4v) is 3.24. The summed E-state index contributed by atoms with van der Waals surface area (Å²) in [6.07, 6.45) is 0.388. The number of anilines is 3. The van der Waals surface area contributed by atoms with E-state index in [4.69, 9.17) is 0 Å². The summed E-state index contributed by atoms with van der Waals surface area (Å²) in [6, 6.07) is 14.1. The van der Waals surface area contributed by atoms with Gasteiger partial charge in [0.1, 0.15) is 0 Å². The molecule has 2 aromatic rings. The average Bonchev–Trinajstić information content (AvgIpc) is 3.17. The van der Waals surface area contributed by atoms with Crippen molar-refractivity contribution in [3.63, 3.8) is 0 Å². The lowest BCUT2D eigenvalue weighted by Gasteiger charge is -2.17. The SMILES string of the molecule is CN(C)c1ccc([C@@H](O)CNC(=O)C(=O)Nc2cccc(N3CCCC3=O)c2)cc1. The highest BCUT2D eigenvalue weighted by molar-refractivity contribution is 6.39. The smallest absolute Gasteiger partial charge is 0.313 e. The summed E-state index contributed by atoms with van der Waals surface area (Å²) in [5.41, 5.74) is 2.75. The van der Waals surface area contributed by atoms with Crippen molar-refractivity contribution in [3.8, 4) is 0 Å². The van der Waals surface area contributed by atoms with E-state index in [1.165, 1.54) is 0 Å². The minimum atomic E-state index is -0.928. The minimum Gasteiger partial charge on any atom is -0.387 e. The fraction of sp³-hybridized carbons (Fsp3) is 0.318. The van der Waals surface area contributed by atoms with E-state index in [0.717, 1.165) is 12.1 Å². The molecule has 3 N–H and O–H groups in total. The van der Waals surface area contributed by atoms with Gasteiger partial charge in [-0.05, 0) is 42.3 Å². The molecule has 1 saturated heterocycles. The van der Waals surface area contributed by atoms with Crippen molar-refractivity contribution in [1.82, 2.24) is 5.32 Å². The van der Waals surface area contributed by atoms with Gasteiger partial charge in [-0.1, -0.05) is 18.2 Å². The van der Waals surface area contributed by atoms with E-state index in [-0.39, 0.29) is 12.5 Å². The Hall–Kier alpha value is -3.39. The molecule has 30 heavy (non-hydrogen) atoms. The van der Waals surface area contributed by atoms with E-state index in [1.807, 2.05) is 31.1 Å². The molecule has 0 spiro atoms. The van der Waals surface area contributed by atoms with Crippen LogP contribution in [0.2, 0.25) is 0 Å². The Morgan fingerprint density at radius 2 is 1.87 bits per heavy atom. The van der Waals surface area contributed by atoms with Crippen molar-refractivity contribution in [2.24, 2.45) is 0 Å². The third kappa shape index (κ3) is 5.15. The highest BCUT2D eigenvalue weighted by Crippen LogP contribution is 2.24. The molecule has 158 valence electrons. The first-order valence-electron chi connectivity index (χ1n) is 9.80. The molecule has 8 heteroatoms. The zero-order valence-corrected chi connectivity index (χ0v) is 17.1. The van der Waals surface area contributed by atoms with E-state index >= 15 is 0 Å². The Kier molecular flexibility index (Phi) is 6.68. The van der Waals surface area contributed by atoms with Crippen LogP contribution >= 0.6 is 0 Å². The topological polar surface area (TPSA) is 102 Å². The number of hydrogen-bond acceptors (Lipinski definition) is 5. The highest BCUT2D eigenvalue weighted by Gasteiger charge is 2.22. The maximum absolute atomic E-state index is 12.2. The standard InChI is InChI=1S/C22H26N4O4/c1-25(2)17-10-8-15(9-11-17)19(27)14-23-21(29)22(30)24-16-5-3-6-18(13-16)26-12-4-7-20(26)28/h3,5-6,8-11,13,19,27H,4,7,12,14H2,1-2H3,(H,23,29)(H,24,30)/t19-/m0/s1. The van der Waals surface area contributed by atoms with Crippen LogP contribution in [0.1, 0.15) is 24.5 Å². The van der Waals surface area contributed by atoms with Gasteiger partial charge in [-0.3, -0.25) is 14.4 Å². The highest BCUT2D eigenvalue weighted by atomic mass is 16.3. The van der Waals surface area contributed by atoms with Crippen LogP contribution in [0.3, 0.4) is 0 Å². The van der Waals surface area contributed by atoms with Crippen LogP contribution in [0, 0.1) is 0 Å². The Bertz CT molecular complexity index is 927. The van der Waals surface area contributed by atoms with Crippen LogP contribution in [-0.2, 0) is 14.4 Å². The van der Waals surface area contributed by atoms with Crippen LogP contribution in [0.15, 0.2) is 48.5 Å². The molecule has 1 fully saturated rings. The molecular formula is C22H26N4O4. The number of aliphatic hydroxyl groups excluding tert-OH is 1. The summed E-state index contributed by atoms with van der Waals surface area (Å²) in [7, 11) is 3.84. The maximum Gasteiger partial charge on any atom is 0.313 e. The van der Waals surface area contributed by atoms with Gasteiger partial charge in [0.25, 0.3) is 0 Å². The van der Waals surface area contributed by atoms with E-state index < -0.39 is 17.9 Å². The van der Waals surface area contributed by atoms with Crippen LogP contribution in [-0.4, -0.2) is 50.0 Å². The molecule has 0 unspecified atom stereocenters. The molecule has 0 aliphatic carbocycles. The molecule has 1 atom stereocenters. The van der Waals surface area contributed by atoms with Crippen molar-refractivity contribution in [3.05, 3.63) is 54.1 Å². The Morgan fingerprint density at radius 3 is 2.50 bits per heavy atom. The number of nitrogens with one attached hydrogen (secondary N) is 2. The van der Waals surface area contributed by atoms with Gasteiger partial charge < -0.3 is 25.5 Å². The molecule has 8 nitrogen and oxygen atoms in total. The summed E-state index contributed by atoms with van der Waals surface area (Å²) >= 11 is 0. The summed E-state index contributed by atoms with van der Waals surface area (Å²) in [5, 5.41) is 15.2. The maximum atomic E-state index is 12.2. The van der Waals surface area contributed by atoms with Gasteiger partial charge in [0.2, 0.25) is 5.91 Å². The number of aliphatic hydroxyl groups is 1. The van der Waals surface area contributed by atoms with Gasteiger partial charge >= 0.3 is 11.8 Å². The predicted molar refractivity (Wildman–Crippen MR) is 115 cm³/mol. The lowest BCUT2D eigenvalue weighted by molar-refractivity contribution is -0.136. The van der Waals surface area contributed by atoms with Crippen LogP contribution in [0.4, 0.5) is 17.1 Å². The monoisotopic (exact) mass is 410 g/mol. The van der Waals surface area contributed by atoms with Crippen molar-refractivity contribution in [2.45, 2.75) is 18.9 Å². The first-order valence-corrected chi connectivity index (χ1v) is 9.80. The molecule has 3 amide bonds. The lowest BCUT2D eigenvalue weighted by Crippen LogP contribution is -2.37. The molecule has 0 saturated carbocycles. The molecule has 1 aliphatic rings. The Labute approximate surface area is 175 Å². The summed E-state index contributed by atoms with van der Waals surface area (Å²) in [4.78, 5) is 39.8. The van der Waals surface area contributed by atoms with Crippen LogP contribution < -0.4 is 20.4 Å². The predicted octanol–water partition coefficient (Wildman–Crippen LogP) is 1.67. The summed E-state index contributed by atoms with van der Waals surface area (Å²) in [6.45, 7) is 0.556. The second kappa shape index (κ2) is 9.41. The number of hydrogen-bond donors (Lipinski definition) is 3. The van der Waals surface area contributed by atoms with Crippen molar-refractivity contribution < 1.29 is 19.5 Å². The van der Waals surface area contributed by atoms with Crippen molar-refractivity contribution >= 4 is 34.8 Å². The molecule has 0 bridgehead atoms. The fourth-order valence-electron chi connectivity index (χ4n) is 3.24. The third-order valence-corrected chi connectivity index (χ3v) is 4.95. The normalized spacial score (nSPS) is 14.4. The van der Waals surface area contributed by atoms with Crippen molar-refractivity contribution in [1.29, 1.82) is 0 Å². The number of carbonyl (C=O) groups is 3. The second-order valence-electron chi connectivity index (χ2n) is 7.37. The quantitative estimate of drug-likeness (QED) is 0.629. The van der Waals surface area contributed by atoms with Crippen LogP contribution in [0.25, 0.3) is 0 Å². The van der Waals surface area contributed by atoms with E-state index in [2.05, 4.69) is 10.6 Å². The Balaban J connectivity index is 1.53. The molecule has 2 aromatic carbocycles. The Morgan fingerprint density at radius 1 is 1.13 bits per heavy atom. The number of amides is 3. The zero-order valence-electron chi connectivity index (χ0n) is 17.1. The van der Waals surface area contributed by atoms with Gasteiger partial charge in [0.15, 0.2) is 0 Å². The number of rotatable bonds is 6. The minimum absolute atomic E-state index is 0.0452. The number of benzene rings is 2. The second-order valence-corrected chi connectivity index (χ2v) is 7.37. The van der Waals surface area contributed by atoms with Gasteiger partial charge in [0.05, 0.1) is 6.10 Å². The summed E-state index contributed by atoms with van der Waals surface area (Å²) < 4.78 is 0. The molecule has 3 rings (SSSR count). The zero-order chi connectivity index (χ0) is 21.7. The molecule has 1 heterocycles. The average molecular weight is 410 g/mol. The largest absolute Gasteiger partial charge is 0.387 e. The van der Waals surface area contributed by atoms with Crippen LogP contribution in [0.5, 0.6) is 0 Å². The number of carbonyl (C=O) groups excluding carboxylic acids is 3. The molecule has 1 aliphatic heterocycles. The van der Waals surface area contributed by atoms with E-state index in [0.29, 0.717) is 29.9 Å². The van der Waals surface area contributed by atoms with Gasteiger partial charge in [-0.25, -0.2) is 0 Å². The first-order chi connectivity index (χ1) is 14.3. The lowest BCUT2D eigenvalue weighted by atomic mass is 10.1. The molecular weight excluding hydrogens is 384 g/mol. The van der Waals surface area contributed by atoms with Gasteiger partial charge in [-0.2, -0.15) is 0 Å². The van der Waals surface area contributed by atoms with Gasteiger partial charge in [0, 0.05) is 50.7 Å². The first kappa shape index (κ1) is 21.3. The summed E-state index contributed by atoms with van der Waals surface area (Å²) in [5.74, 6) is -1.64. The van der Waals surface area contributed by atoms with E-state index in [1.54, 1.807) is 41.3 Å².